The minimum absolute atomic E-state index is 0.0497. The van der Waals surface area contributed by atoms with Crippen molar-refractivity contribution in [2.45, 2.75) is 6.92 Å². The summed E-state index contributed by atoms with van der Waals surface area (Å²) in [5.74, 6) is -0.650. The van der Waals surface area contributed by atoms with Crippen molar-refractivity contribution in [2.75, 3.05) is 18.5 Å². The van der Waals surface area contributed by atoms with Crippen LogP contribution in [-0.2, 0) is 0 Å². The summed E-state index contributed by atoms with van der Waals surface area (Å²) in [6, 6.07) is 6.45. The first-order chi connectivity index (χ1) is 12.0. The number of carbonyl (C=O) groups is 1. The Morgan fingerprint density at radius 1 is 1.36 bits per heavy atom. The first-order valence-corrected chi connectivity index (χ1v) is 7.52. The molecule has 0 spiro atoms. The Balaban J connectivity index is 2.26. The van der Waals surface area contributed by atoms with E-state index in [1.807, 2.05) is 6.92 Å². The highest BCUT2D eigenvalue weighted by atomic mass is 16.4. The maximum Gasteiger partial charge on any atom is 0.335 e. The zero-order valence-electron chi connectivity index (χ0n) is 13.7. The second-order valence-corrected chi connectivity index (χ2v) is 5.11. The van der Waals surface area contributed by atoms with Crippen LogP contribution in [0.25, 0.3) is 11.3 Å². The van der Waals surface area contributed by atoms with Gasteiger partial charge in [0.1, 0.15) is 0 Å². The Kier molecular flexibility index (Phi) is 6.19. The van der Waals surface area contributed by atoms with E-state index in [1.54, 1.807) is 18.3 Å². The lowest BCUT2D eigenvalue weighted by Crippen LogP contribution is -2.08. The lowest BCUT2D eigenvalue weighted by molar-refractivity contribution is 0.0697. The summed E-state index contributed by atoms with van der Waals surface area (Å²) >= 11 is 0. The number of carboxylic acid groups (broad SMARTS) is 1. The molecule has 8 heteroatoms. The van der Waals surface area contributed by atoms with Gasteiger partial charge < -0.3 is 21.3 Å². The van der Waals surface area contributed by atoms with E-state index in [0.717, 1.165) is 11.1 Å². The molecule has 0 atom stereocenters. The van der Waals surface area contributed by atoms with Gasteiger partial charge in [-0.1, -0.05) is 12.1 Å². The van der Waals surface area contributed by atoms with Gasteiger partial charge in [-0.25, -0.2) is 14.8 Å². The Hall–Kier alpha value is -3.26. The number of nitrogens with one attached hydrogen (secondary N) is 1. The van der Waals surface area contributed by atoms with E-state index >= 15 is 0 Å². The number of aliphatic hydroxyl groups is 1. The number of anilines is 1. The summed E-state index contributed by atoms with van der Waals surface area (Å²) in [5, 5.41) is 20.7. The van der Waals surface area contributed by atoms with Gasteiger partial charge in [-0.2, -0.15) is 0 Å². The van der Waals surface area contributed by atoms with E-state index in [-0.39, 0.29) is 18.7 Å². The highest BCUT2D eigenvalue weighted by molar-refractivity contribution is 5.88. The number of carboxylic acids is 1. The number of hydrogen-bond acceptors (Lipinski definition) is 7. The van der Waals surface area contributed by atoms with Gasteiger partial charge in [-0.05, 0) is 24.6 Å². The molecule has 0 bridgehead atoms. The van der Waals surface area contributed by atoms with Crippen LogP contribution in [0.3, 0.4) is 0 Å². The number of aliphatic hydroxyl groups excluding tert-OH is 1. The minimum atomic E-state index is -0.979. The third kappa shape index (κ3) is 4.85. The predicted molar refractivity (Wildman–Crippen MR) is 95.5 cm³/mol. The molecule has 0 fully saturated rings. The molecule has 0 aliphatic rings. The Morgan fingerprint density at radius 2 is 2.08 bits per heavy atom. The van der Waals surface area contributed by atoms with Gasteiger partial charge in [0.15, 0.2) is 0 Å². The number of aromatic carboxylic acids is 1. The molecule has 2 rings (SSSR count). The largest absolute Gasteiger partial charge is 0.478 e. The Morgan fingerprint density at radius 3 is 2.68 bits per heavy atom. The van der Waals surface area contributed by atoms with Crippen molar-refractivity contribution in [3.05, 3.63) is 53.5 Å². The van der Waals surface area contributed by atoms with Crippen LogP contribution in [0.15, 0.2) is 47.4 Å². The van der Waals surface area contributed by atoms with Crippen LogP contribution in [0.2, 0.25) is 0 Å². The average Bonchev–Trinajstić information content (AvgIpc) is 2.62. The van der Waals surface area contributed by atoms with Gasteiger partial charge >= 0.3 is 5.97 Å². The van der Waals surface area contributed by atoms with Crippen molar-refractivity contribution in [3.63, 3.8) is 0 Å². The molecule has 2 aromatic rings. The van der Waals surface area contributed by atoms with Crippen molar-refractivity contribution in [1.82, 2.24) is 9.97 Å². The van der Waals surface area contributed by atoms with E-state index in [9.17, 15) is 4.79 Å². The van der Waals surface area contributed by atoms with E-state index in [2.05, 4.69) is 20.3 Å². The predicted octanol–water partition coefficient (Wildman–Crippen LogP) is 1.43. The summed E-state index contributed by atoms with van der Waals surface area (Å²) in [4.78, 5) is 23.6. The SMILES string of the molecule is Cc1cnc(N/C(C=NCCO)=C/N)nc1-c1ccc(C(=O)O)cc1. The number of nitrogens with zero attached hydrogens (tertiary/aromatic N) is 3. The maximum atomic E-state index is 11.0. The van der Waals surface area contributed by atoms with Crippen LogP contribution in [-0.4, -0.2) is 45.5 Å². The Labute approximate surface area is 144 Å². The van der Waals surface area contributed by atoms with Crippen molar-refractivity contribution in [3.8, 4) is 11.3 Å². The molecule has 0 aliphatic heterocycles. The molecular formula is C17H19N5O3. The van der Waals surface area contributed by atoms with Gasteiger partial charge in [0.25, 0.3) is 0 Å². The molecule has 0 aliphatic carbocycles. The third-order valence-electron chi connectivity index (χ3n) is 3.27. The fraction of sp³-hybridized carbons (Fsp3) is 0.176. The Bertz CT molecular complexity index is 800. The van der Waals surface area contributed by atoms with E-state index < -0.39 is 5.97 Å². The van der Waals surface area contributed by atoms with Crippen LogP contribution in [0.4, 0.5) is 5.95 Å². The quantitative estimate of drug-likeness (QED) is 0.560. The van der Waals surface area contributed by atoms with Crippen LogP contribution < -0.4 is 11.1 Å². The van der Waals surface area contributed by atoms with Crippen molar-refractivity contribution < 1.29 is 15.0 Å². The topological polar surface area (TPSA) is 134 Å². The minimum Gasteiger partial charge on any atom is -0.478 e. The summed E-state index contributed by atoms with van der Waals surface area (Å²) in [6.07, 6.45) is 4.47. The second-order valence-electron chi connectivity index (χ2n) is 5.11. The number of aromatic nitrogens is 2. The van der Waals surface area contributed by atoms with E-state index in [4.69, 9.17) is 15.9 Å². The molecule has 0 amide bonds. The van der Waals surface area contributed by atoms with E-state index in [1.165, 1.54) is 24.5 Å². The normalized spacial score (nSPS) is 11.7. The molecule has 0 unspecified atom stereocenters. The molecule has 1 aromatic heterocycles. The standard InChI is InChI=1S/C17H19N5O3/c1-11-9-20-17(21-14(8-18)10-19-6-7-23)22-15(11)12-2-4-13(5-3-12)16(24)25/h2-5,8-10,23H,6-7,18H2,1H3,(H,24,25)(H,20,21,22)/b14-8+,19-10?. The number of hydrogen-bond donors (Lipinski definition) is 4. The third-order valence-corrected chi connectivity index (χ3v) is 3.27. The smallest absolute Gasteiger partial charge is 0.335 e. The first-order valence-electron chi connectivity index (χ1n) is 7.52. The van der Waals surface area contributed by atoms with Crippen LogP contribution >= 0.6 is 0 Å². The highest BCUT2D eigenvalue weighted by Crippen LogP contribution is 2.22. The zero-order chi connectivity index (χ0) is 18.2. The fourth-order valence-electron chi connectivity index (χ4n) is 2.03. The van der Waals surface area contributed by atoms with Crippen molar-refractivity contribution in [1.29, 1.82) is 0 Å². The number of aryl methyl sites for hydroxylation is 1. The molecule has 8 nitrogen and oxygen atoms in total. The number of aliphatic imine (C=N–C) groups is 1. The number of nitrogens with two attached hydrogens (primary N) is 1. The van der Waals surface area contributed by atoms with Crippen molar-refractivity contribution in [2.24, 2.45) is 10.7 Å². The highest BCUT2D eigenvalue weighted by Gasteiger charge is 2.09. The second kappa shape index (κ2) is 8.55. The van der Waals surface area contributed by atoms with Gasteiger partial charge in [-0.15, -0.1) is 0 Å². The summed E-state index contributed by atoms with van der Waals surface area (Å²) in [7, 11) is 0. The van der Waals surface area contributed by atoms with Gasteiger partial charge in [0.05, 0.1) is 30.1 Å². The molecule has 25 heavy (non-hydrogen) atoms. The molecule has 5 N–H and O–H groups in total. The summed E-state index contributed by atoms with van der Waals surface area (Å²) in [6.45, 7) is 2.09. The average molecular weight is 341 g/mol. The number of allylic oxidation sites excluding steroid dienone is 1. The molecule has 1 aromatic carbocycles. The zero-order valence-corrected chi connectivity index (χ0v) is 13.7. The summed E-state index contributed by atoms with van der Waals surface area (Å²) in [5.41, 5.74) is 8.54. The molecule has 130 valence electrons. The molecule has 1 heterocycles. The van der Waals surface area contributed by atoms with Crippen molar-refractivity contribution >= 4 is 18.1 Å². The number of rotatable bonds is 7. The van der Waals surface area contributed by atoms with Crippen LogP contribution in [0, 0.1) is 6.92 Å². The van der Waals surface area contributed by atoms with Gasteiger partial charge in [-0.3, -0.25) is 4.99 Å². The lowest BCUT2D eigenvalue weighted by Gasteiger charge is -2.09. The number of benzene rings is 1. The monoisotopic (exact) mass is 341 g/mol. The molecule has 0 saturated carbocycles. The first kappa shape index (κ1) is 18.1. The molecule has 0 saturated heterocycles. The molecule has 0 radical (unpaired) electrons. The van der Waals surface area contributed by atoms with Gasteiger partial charge in [0, 0.05) is 24.2 Å². The van der Waals surface area contributed by atoms with Gasteiger partial charge in [0.2, 0.25) is 5.95 Å². The maximum absolute atomic E-state index is 11.0. The van der Waals surface area contributed by atoms with E-state index in [0.29, 0.717) is 17.3 Å². The summed E-state index contributed by atoms with van der Waals surface area (Å²) < 4.78 is 0. The fourth-order valence-corrected chi connectivity index (χ4v) is 2.03. The lowest BCUT2D eigenvalue weighted by atomic mass is 10.1. The molecular weight excluding hydrogens is 322 g/mol. The van der Waals surface area contributed by atoms with Crippen LogP contribution in [0.5, 0.6) is 0 Å². The van der Waals surface area contributed by atoms with Crippen LogP contribution in [0.1, 0.15) is 15.9 Å².